The molecule has 0 unspecified atom stereocenters. The Morgan fingerprint density at radius 2 is 1.96 bits per heavy atom. The number of nitrogens with one attached hydrogen (secondary N) is 2. The molecular formula is C17H34N4O2. The minimum absolute atomic E-state index is 0.234. The van der Waals surface area contributed by atoms with Crippen LogP contribution in [-0.2, 0) is 9.47 Å². The topological polar surface area (TPSA) is 58.1 Å². The highest BCUT2D eigenvalue weighted by molar-refractivity contribution is 5.79. The first-order chi connectivity index (χ1) is 11.3. The van der Waals surface area contributed by atoms with E-state index >= 15 is 0 Å². The Morgan fingerprint density at radius 3 is 2.61 bits per heavy atom. The molecule has 2 aliphatic heterocycles. The van der Waals surface area contributed by atoms with Crippen molar-refractivity contribution >= 4 is 5.96 Å². The van der Waals surface area contributed by atoms with Crippen LogP contribution in [-0.4, -0.2) is 76.1 Å². The summed E-state index contributed by atoms with van der Waals surface area (Å²) in [5, 5.41) is 6.93. The zero-order chi connectivity index (χ0) is 16.4. The Balaban J connectivity index is 1.79. The van der Waals surface area contributed by atoms with Crippen LogP contribution in [0.3, 0.4) is 0 Å². The summed E-state index contributed by atoms with van der Waals surface area (Å²) in [6, 6.07) is 0. The molecule has 0 aromatic carbocycles. The van der Waals surface area contributed by atoms with Gasteiger partial charge in [0.05, 0.1) is 0 Å². The summed E-state index contributed by atoms with van der Waals surface area (Å²) in [6.07, 6.45) is 5.88. The average Bonchev–Trinajstić information content (AvgIpc) is 3.13. The molecule has 2 rings (SSSR count). The molecule has 0 saturated carbocycles. The first-order valence-corrected chi connectivity index (χ1v) is 9.16. The monoisotopic (exact) mass is 326 g/mol. The van der Waals surface area contributed by atoms with Gasteiger partial charge in [0.25, 0.3) is 0 Å². The summed E-state index contributed by atoms with van der Waals surface area (Å²) in [7, 11) is 1.84. The van der Waals surface area contributed by atoms with E-state index in [4.69, 9.17) is 9.47 Å². The second kappa shape index (κ2) is 10.1. The maximum Gasteiger partial charge on any atom is 0.191 e. The summed E-state index contributed by atoms with van der Waals surface area (Å²) in [6.45, 7) is 9.64. The summed E-state index contributed by atoms with van der Waals surface area (Å²) >= 11 is 0. The third-order valence-corrected chi connectivity index (χ3v) is 4.97. The van der Waals surface area contributed by atoms with Crippen molar-refractivity contribution in [1.29, 1.82) is 0 Å². The average molecular weight is 326 g/mol. The Hall–Kier alpha value is -0.850. The Kier molecular flexibility index (Phi) is 8.12. The van der Waals surface area contributed by atoms with Crippen LogP contribution in [0.2, 0.25) is 0 Å². The van der Waals surface area contributed by atoms with Gasteiger partial charge in [-0.2, -0.15) is 0 Å². The van der Waals surface area contributed by atoms with Gasteiger partial charge in [-0.3, -0.25) is 9.89 Å². The van der Waals surface area contributed by atoms with E-state index in [0.717, 1.165) is 64.7 Å². The second-order valence-corrected chi connectivity index (χ2v) is 6.43. The van der Waals surface area contributed by atoms with Gasteiger partial charge in [-0.25, -0.2) is 0 Å². The molecule has 23 heavy (non-hydrogen) atoms. The van der Waals surface area contributed by atoms with Crippen LogP contribution in [0, 0.1) is 0 Å². The molecular weight excluding hydrogens is 292 g/mol. The smallest absolute Gasteiger partial charge is 0.191 e. The first kappa shape index (κ1) is 18.5. The Bertz CT molecular complexity index is 351. The molecule has 0 aliphatic carbocycles. The van der Waals surface area contributed by atoms with E-state index in [1.54, 1.807) is 0 Å². The van der Waals surface area contributed by atoms with Crippen LogP contribution >= 0.6 is 0 Å². The van der Waals surface area contributed by atoms with E-state index in [9.17, 15) is 0 Å². The maximum atomic E-state index is 5.61. The van der Waals surface area contributed by atoms with E-state index in [1.807, 2.05) is 14.0 Å². The van der Waals surface area contributed by atoms with Gasteiger partial charge in [-0.15, -0.1) is 0 Å². The summed E-state index contributed by atoms with van der Waals surface area (Å²) in [5.41, 5.74) is 0.234. The molecule has 6 heteroatoms. The lowest BCUT2D eigenvalue weighted by Gasteiger charge is -2.45. The van der Waals surface area contributed by atoms with Crippen LogP contribution in [0.5, 0.6) is 0 Å². The number of rotatable bonds is 8. The number of guanidine groups is 1. The lowest BCUT2D eigenvalue weighted by molar-refractivity contribution is -0.0164. The van der Waals surface area contributed by atoms with Gasteiger partial charge < -0.3 is 20.1 Å². The van der Waals surface area contributed by atoms with Gasteiger partial charge in [0.15, 0.2) is 5.96 Å². The van der Waals surface area contributed by atoms with Gasteiger partial charge in [-0.05, 0) is 52.1 Å². The molecule has 2 saturated heterocycles. The van der Waals surface area contributed by atoms with Gasteiger partial charge in [0.1, 0.15) is 0 Å². The van der Waals surface area contributed by atoms with E-state index in [-0.39, 0.29) is 5.54 Å². The van der Waals surface area contributed by atoms with E-state index in [1.165, 1.54) is 25.9 Å². The second-order valence-electron chi connectivity index (χ2n) is 6.43. The molecule has 0 amide bonds. The third-order valence-electron chi connectivity index (χ3n) is 4.97. The molecule has 6 nitrogen and oxygen atoms in total. The van der Waals surface area contributed by atoms with Gasteiger partial charge in [-0.1, -0.05) is 0 Å². The SMILES string of the molecule is CCOCCCNC(=NC)NCC1(N2CCCC2)CCOCC1. The number of aliphatic imine (C=N–C) groups is 1. The van der Waals surface area contributed by atoms with Gasteiger partial charge in [0.2, 0.25) is 0 Å². The quantitative estimate of drug-likeness (QED) is 0.399. The highest BCUT2D eigenvalue weighted by Gasteiger charge is 2.39. The largest absolute Gasteiger partial charge is 0.382 e. The number of ether oxygens (including phenoxy) is 2. The number of likely N-dealkylation sites (tertiary alicyclic amines) is 1. The normalized spacial score (nSPS) is 22.3. The predicted molar refractivity (Wildman–Crippen MR) is 94.1 cm³/mol. The van der Waals surface area contributed by atoms with Crippen LogP contribution in [0.1, 0.15) is 39.0 Å². The minimum Gasteiger partial charge on any atom is -0.382 e. The van der Waals surface area contributed by atoms with Gasteiger partial charge in [0, 0.05) is 52.1 Å². The zero-order valence-electron chi connectivity index (χ0n) is 14.9. The van der Waals surface area contributed by atoms with Crippen molar-refractivity contribution in [3.05, 3.63) is 0 Å². The van der Waals surface area contributed by atoms with Crippen molar-refractivity contribution in [3.63, 3.8) is 0 Å². The highest BCUT2D eigenvalue weighted by Crippen LogP contribution is 2.30. The van der Waals surface area contributed by atoms with Crippen molar-refractivity contribution in [2.75, 3.05) is 59.7 Å². The lowest BCUT2D eigenvalue weighted by atomic mass is 9.88. The van der Waals surface area contributed by atoms with Crippen LogP contribution in [0.15, 0.2) is 4.99 Å². The van der Waals surface area contributed by atoms with Crippen LogP contribution < -0.4 is 10.6 Å². The fourth-order valence-electron chi connectivity index (χ4n) is 3.54. The third kappa shape index (κ3) is 5.62. The maximum absolute atomic E-state index is 5.61. The van der Waals surface area contributed by atoms with Crippen LogP contribution in [0.25, 0.3) is 0 Å². The number of nitrogens with zero attached hydrogens (tertiary/aromatic N) is 2. The van der Waals surface area contributed by atoms with E-state index in [0.29, 0.717) is 0 Å². The van der Waals surface area contributed by atoms with Crippen LogP contribution in [0.4, 0.5) is 0 Å². The Morgan fingerprint density at radius 1 is 1.22 bits per heavy atom. The summed E-state index contributed by atoms with van der Waals surface area (Å²) in [4.78, 5) is 7.02. The van der Waals surface area contributed by atoms with E-state index in [2.05, 4.69) is 20.5 Å². The summed E-state index contributed by atoms with van der Waals surface area (Å²) in [5.74, 6) is 0.895. The molecule has 134 valence electrons. The standard InChI is InChI=1S/C17H34N4O2/c1-3-22-12-6-9-19-16(18-2)20-15-17(7-13-23-14-8-17)21-10-4-5-11-21/h3-15H2,1-2H3,(H2,18,19,20). The van der Waals surface area contributed by atoms with Gasteiger partial charge >= 0.3 is 0 Å². The lowest BCUT2D eigenvalue weighted by Crippen LogP contribution is -2.58. The van der Waals surface area contributed by atoms with Crippen molar-refractivity contribution in [2.45, 2.75) is 44.6 Å². The molecule has 0 atom stereocenters. The zero-order valence-corrected chi connectivity index (χ0v) is 14.9. The van der Waals surface area contributed by atoms with E-state index < -0.39 is 0 Å². The molecule has 2 heterocycles. The fraction of sp³-hybridized carbons (Fsp3) is 0.941. The molecule has 2 aliphatic rings. The highest BCUT2D eigenvalue weighted by atomic mass is 16.5. The molecule has 0 radical (unpaired) electrons. The van der Waals surface area contributed by atoms with Crippen molar-refractivity contribution in [3.8, 4) is 0 Å². The number of hydrogen-bond acceptors (Lipinski definition) is 4. The predicted octanol–water partition coefficient (Wildman–Crippen LogP) is 1.22. The molecule has 0 spiro atoms. The molecule has 0 bridgehead atoms. The van der Waals surface area contributed by atoms with Crippen molar-refractivity contribution < 1.29 is 9.47 Å². The minimum atomic E-state index is 0.234. The molecule has 0 aromatic heterocycles. The summed E-state index contributed by atoms with van der Waals surface area (Å²) < 4.78 is 11.0. The first-order valence-electron chi connectivity index (χ1n) is 9.16. The number of hydrogen-bond donors (Lipinski definition) is 2. The van der Waals surface area contributed by atoms with Crippen molar-refractivity contribution in [2.24, 2.45) is 4.99 Å². The van der Waals surface area contributed by atoms with Crippen molar-refractivity contribution in [1.82, 2.24) is 15.5 Å². The molecule has 2 N–H and O–H groups in total. The molecule has 0 aromatic rings. The Labute approximate surface area is 141 Å². The fourth-order valence-corrected chi connectivity index (χ4v) is 3.54. The molecule has 2 fully saturated rings.